The summed E-state index contributed by atoms with van der Waals surface area (Å²) in [6.07, 6.45) is 2.33. The van der Waals surface area contributed by atoms with Crippen LogP contribution in [0.25, 0.3) is 0 Å². The summed E-state index contributed by atoms with van der Waals surface area (Å²) < 4.78 is 23.0. The average molecular weight is 338 g/mol. The number of sulfone groups is 1. The first-order chi connectivity index (χ1) is 10.4. The van der Waals surface area contributed by atoms with Crippen molar-refractivity contribution in [1.82, 2.24) is 4.90 Å². The van der Waals surface area contributed by atoms with Crippen LogP contribution in [0.3, 0.4) is 0 Å². The molecule has 0 bridgehead atoms. The van der Waals surface area contributed by atoms with Crippen molar-refractivity contribution >= 4 is 21.2 Å². The van der Waals surface area contributed by atoms with Gasteiger partial charge in [-0.05, 0) is 53.4 Å². The first kappa shape index (κ1) is 17.2. The minimum absolute atomic E-state index is 0.379. The maximum absolute atomic E-state index is 11.5. The highest BCUT2D eigenvalue weighted by atomic mass is 32.2. The van der Waals surface area contributed by atoms with Crippen LogP contribution in [0.5, 0.6) is 0 Å². The predicted molar refractivity (Wildman–Crippen MR) is 92.9 cm³/mol. The molecule has 5 heteroatoms. The maximum atomic E-state index is 11.5. The van der Waals surface area contributed by atoms with Crippen LogP contribution in [0.15, 0.2) is 46.0 Å². The van der Waals surface area contributed by atoms with Crippen molar-refractivity contribution in [3.63, 3.8) is 0 Å². The summed E-state index contributed by atoms with van der Waals surface area (Å²) in [5.74, 6) is 0. The Morgan fingerprint density at radius 1 is 1.09 bits per heavy atom. The van der Waals surface area contributed by atoms with Gasteiger partial charge in [-0.1, -0.05) is 19.1 Å². The molecule has 120 valence electrons. The van der Waals surface area contributed by atoms with E-state index in [1.807, 2.05) is 12.1 Å². The summed E-state index contributed by atoms with van der Waals surface area (Å²) in [4.78, 5) is 2.81. The summed E-state index contributed by atoms with van der Waals surface area (Å²) in [6, 6.07) is 9.87. The normalized spacial score (nSPS) is 13.5. The van der Waals surface area contributed by atoms with E-state index in [1.54, 1.807) is 23.5 Å². The van der Waals surface area contributed by atoms with Crippen molar-refractivity contribution in [2.24, 2.45) is 0 Å². The third kappa shape index (κ3) is 4.66. The van der Waals surface area contributed by atoms with E-state index >= 15 is 0 Å². The van der Waals surface area contributed by atoms with Crippen molar-refractivity contribution < 1.29 is 8.42 Å². The molecule has 22 heavy (non-hydrogen) atoms. The molecule has 0 saturated carbocycles. The molecule has 0 N–H and O–H groups in total. The lowest BCUT2D eigenvalue weighted by Crippen LogP contribution is -2.31. The number of thiophene rings is 1. The quantitative estimate of drug-likeness (QED) is 0.767. The van der Waals surface area contributed by atoms with Gasteiger partial charge >= 0.3 is 0 Å². The first-order valence-electron chi connectivity index (χ1n) is 7.44. The van der Waals surface area contributed by atoms with E-state index in [4.69, 9.17) is 0 Å². The molecule has 1 unspecified atom stereocenters. The molecule has 1 aromatic heterocycles. The highest BCUT2D eigenvalue weighted by Crippen LogP contribution is 2.18. The topological polar surface area (TPSA) is 37.4 Å². The van der Waals surface area contributed by atoms with E-state index in [9.17, 15) is 8.42 Å². The fourth-order valence-corrected chi connectivity index (χ4v) is 3.61. The summed E-state index contributed by atoms with van der Waals surface area (Å²) in [6.45, 7) is 6.18. The van der Waals surface area contributed by atoms with Crippen LogP contribution in [-0.2, 0) is 22.9 Å². The number of rotatable bonds is 7. The minimum atomic E-state index is -3.12. The molecule has 0 aliphatic carbocycles. The number of nitrogens with zero attached hydrogens (tertiary/aromatic N) is 1. The molecule has 0 aliphatic heterocycles. The fraction of sp³-hybridized carbons (Fsp3) is 0.412. The Labute approximate surface area is 137 Å². The summed E-state index contributed by atoms with van der Waals surface area (Å²) in [7, 11) is -3.12. The second kappa shape index (κ2) is 7.40. The molecule has 3 nitrogen and oxygen atoms in total. The lowest BCUT2D eigenvalue weighted by atomic mass is 10.1. The van der Waals surface area contributed by atoms with E-state index in [2.05, 4.69) is 35.6 Å². The van der Waals surface area contributed by atoms with Crippen LogP contribution in [0, 0.1) is 0 Å². The van der Waals surface area contributed by atoms with Crippen molar-refractivity contribution in [2.45, 2.75) is 44.3 Å². The third-order valence-electron chi connectivity index (χ3n) is 3.92. The van der Waals surface area contributed by atoms with E-state index < -0.39 is 9.84 Å². The van der Waals surface area contributed by atoms with Gasteiger partial charge in [-0.15, -0.1) is 0 Å². The van der Waals surface area contributed by atoms with E-state index in [0.29, 0.717) is 10.9 Å². The van der Waals surface area contributed by atoms with Gasteiger partial charge in [0.2, 0.25) is 0 Å². The van der Waals surface area contributed by atoms with Gasteiger partial charge < -0.3 is 0 Å². The van der Waals surface area contributed by atoms with Gasteiger partial charge in [0.15, 0.2) is 9.84 Å². The summed E-state index contributed by atoms with van der Waals surface area (Å²) >= 11 is 1.72. The standard InChI is InChI=1S/C17H23NO2S2/c1-4-14(2)18(12-16-9-10-21-13-16)11-15-5-7-17(8-6-15)22(3,19)20/h5-10,13-14H,4,11-12H2,1-3H3. The SMILES string of the molecule is CCC(C)N(Cc1ccc(S(C)(=O)=O)cc1)Cc1ccsc1. The van der Waals surface area contributed by atoms with Gasteiger partial charge in [0, 0.05) is 25.4 Å². The Kier molecular flexibility index (Phi) is 5.78. The van der Waals surface area contributed by atoms with Crippen molar-refractivity contribution in [1.29, 1.82) is 0 Å². The summed E-state index contributed by atoms with van der Waals surface area (Å²) in [5.41, 5.74) is 2.47. The molecular formula is C17H23NO2S2. The lowest BCUT2D eigenvalue weighted by molar-refractivity contribution is 0.186. The van der Waals surface area contributed by atoms with E-state index in [-0.39, 0.29) is 0 Å². The Bertz CT molecular complexity index is 676. The highest BCUT2D eigenvalue weighted by molar-refractivity contribution is 7.90. The molecular weight excluding hydrogens is 314 g/mol. The molecule has 1 aromatic carbocycles. The number of hydrogen-bond acceptors (Lipinski definition) is 4. The minimum Gasteiger partial charge on any atom is -0.292 e. The zero-order valence-corrected chi connectivity index (χ0v) is 15.0. The Morgan fingerprint density at radius 3 is 2.23 bits per heavy atom. The maximum Gasteiger partial charge on any atom is 0.175 e. The van der Waals surface area contributed by atoms with Crippen LogP contribution >= 0.6 is 11.3 Å². The fourth-order valence-electron chi connectivity index (χ4n) is 2.32. The second-order valence-corrected chi connectivity index (χ2v) is 8.51. The Morgan fingerprint density at radius 2 is 1.73 bits per heavy atom. The molecule has 0 radical (unpaired) electrons. The Balaban J connectivity index is 2.13. The molecule has 0 spiro atoms. The van der Waals surface area contributed by atoms with Crippen molar-refractivity contribution in [3.05, 3.63) is 52.2 Å². The third-order valence-corrected chi connectivity index (χ3v) is 5.78. The van der Waals surface area contributed by atoms with Crippen LogP contribution < -0.4 is 0 Å². The number of benzene rings is 1. The molecule has 0 aliphatic rings. The van der Waals surface area contributed by atoms with Crippen LogP contribution in [-0.4, -0.2) is 25.6 Å². The van der Waals surface area contributed by atoms with Crippen molar-refractivity contribution in [3.8, 4) is 0 Å². The molecule has 1 atom stereocenters. The molecule has 1 heterocycles. The van der Waals surface area contributed by atoms with Gasteiger partial charge in [0.05, 0.1) is 4.90 Å². The largest absolute Gasteiger partial charge is 0.292 e. The van der Waals surface area contributed by atoms with Gasteiger partial charge in [-0.2, -0.15) is 11.3 Å². The molecule has 2 aromatic rings. The lowest BCUT2D eigenvalue weighted by Gasteiger charge is -2.28. The van der Waals surface area contributed by atoms with Gasteiger partial charge in [0.1, 0.15) is 0 Å². The van der Waals surface area contributed by atoms with Gasteiger partial charge in [-0.25, -0.2) is 8.42 Å². The van der Waals surface area contributed by atoms with Crippen molar-refractivity contribution in [2.75, 3.05) is 6.26 Å². The van der Waals surface area contributed by atoms with E-state index in [0.717, 1.165) is 25.1 Å². The van der Waals surface area contributed by atoms with Gasteiger partial charge in [0.25, 0.3) is 0 Å². The zero-order chi connectivity index (χ0) is 16.2. The highest BCUT2D eigenvalue weighted by Gasteiger charge is 2.14. The first-order valence-corrected chi connectivity index (χ1v) is 10.3. The summed E-state index contributed by atoms with van der Waals surface area (Å²) in [5, 5.41) is 4.28. The smallest absolute Gasteiger partial charge is 0.175 e. The number of hydrogen-bond donors (Lipinski definition) is 0. The zero-order valence-electron chi connectivity index (χ0n) is 13.3. The van der Waals surface area contributed by atoms with Crippen LogP contribution in [0.4, 0.5) is 0 Å². The monoisotopic (exact) mass is 337 g/mol. The molecule has 0 fully saturated rings. The second-order valence-electron chi connectivity index (χ2n) is 5.71. The van der Waals surface area contributed by atoms with Crippen LogP contribution in [0.2, 0.25) is 0 Å². The van der Waals surface area contributed by atoms with E-state index in [1.165, 1.54) is 11.8 Å². The predicted octanol–water partition coefficient (Wildman–Crippen LogP) is 3.95. The molecule has 0 saturated heterocycles. The molecule has 0 amide bonds. The Hall–Kier alpha value is -1.17. The molecule has 2 rings (SSSR count). The van der Waals surface area contributed by atoms with Gasteiger partial charge in [-0.3, -0.25) is 4.90 Å². The van der Waals surface area contributed by atoms with Crippen LogP contribution in [0.1, 0.15) is 31.4 Å². The average Bonchev–Trinajstić information content (AvgIpc) is 2.98.